The van der Waals surface area contributed by atoms with Crippen molar-refractivity contribution in [3.63, 3.8) is 0 Å². The molecule has 0 saturated carbocycles. The van der Waals surface area contributed by atoms with Gasteiger partial charge >= 0.3 is 103 Å². The molecule has 0 saturated heterocycles. The van der Waals surface area contributed by atoms with Gasteiger partial charge < -0.3 is 19.8 Å². The third-order valence-corrected chi connectivity index (χ3v) is 2.07. The van der Waals surface area contributed by atoms with E-state index in [0.717, 1.165) is 5.56 Å². The van der Waals surface area contributed by atoms with E-state index in [0.29, 0.717) is 0 Å². The van der Waals surface area contributed by atoms with Crippen molar-refractivity contribution in [1.82, 2.24) is 0 Å². The van der Waals surface area contributed by atoms with Crippen molar-refractivity contribution < 1.29 is 123 Å². The van der Waals surface area contributed by atoms with Gasteiger partial charge in [-0.1, -0.05) is 36.4 Å². The zero-order valence-corrected chi connectivity index (χ0v) is 17.7. The molecule has 1 atom stereocenters. The second-order valence-electron chi connectivity index (χ2n) is 3.48. The molecule has 0 fully saturated rings. The van der Waals surface area contributed by atoms with Crippen molar-refractivity contribution in [2.45, 2.75) is 12.5 Å². The van der Waals surface area contributed by atoms with E-state index < -0.39 is 24.4 Å². The van der Waals surface area contributed by atoms with Crippen molar-refractivity contribution in [1.29, 1.82) is 0 Å². The number of aliphatic imine (C=N–C) groups is 1. The Morgan fingerprint density at radius 2 is 1.75 bits per heavy atom. The van der Waals surface area contributed by atoms with Gasteiger partial charge in [-0.3, -0.25) is 4.99 Å². The van der Waals surface area contributed by atoms with Crippen molar-refractivity contribution in [2.75, 3.05) is 0 Å². The maximum atomic E-state index is 10.6. The second-order valence-corrected chi connectivity index (χ2v) is 3.48. The summed E-state index contributed by atoms with van der Waals surface area (Å²) >= 11 is 0. The van der Waals surface area contributed by atoms with Gasteiger partial charge in [-0.15, -0.1) is 0 Å². The molecule has 1 rings (SSSR count). The molecule has 5 nitrogen and oxygen atoms in total. The molecule has 0 amide bonds. The predicted molar refractivity (Wildman–Crippen MR) is 62.4 cm³/mol. The summed E-state index contributed by atoms with van der Waals surface area (Å²) in [6.45, 7) is 0. The van der Waals surface area contributed by atoms with Crippen LogP contribution >= 0.6 is 0 Å². The minimum absolute atomic E-state index is 0. The van der Waals surface area contributed by atoms with E-state index in [1.807, 2.05) is 30.3 Å². The molecule has 7 heteroatoms. The van der Waals surface area contributed by atoms with Crippen LogP contribution in [0, 0.1) is 0 Å². The summed E-state index contributed by atoms with van der Waals surface area (Å²) in [5.74, 6) is -3.02. The van der Waals surface area contributed by atoms with Crippen LogP contribution in [0.3, 0.4) is 0 Å². The zero-order valence-electron chi connectivity index (χ0n) is 11.5. The van der Waals surface area contributed by atoms with Crippen LogP contribution < -0.4 is 113 Å². The van der Waals surface area contributed by atoms with Gasteiger partial charge in [0.1, 0.15) is 0 Å². The topological polar surface area (TPSA) is 92.6 Å². The van der Waals surface area contributed by atoms with Crippen molar-refractivity contribution in [3.05, 3.63) is 42.0 Å². The Morgan fingerprint density at radius 1 is 1.15 bits per heavy atom. The van der Waals surface area contributed by atoms with Crippen LogP contribution in [-0.4, -0.2) is 24.2 Å². The van der Waals surface area contributed by atoms with Crippen LogP contribution in [0.5, 0.6) is 0 Å². The first-order chi connectivity index (χ1) is 8.59. The van der Waals surface area contributed by atoms with Crippen LogP contribution in [0.4, 0.5) is 0 Å². The van der Waals surface area contributed by atoms with Crippen molar-refractivity contribution in [2.24, 2.45) is 4.99 Å². The van der Waals surface area contributed by atoms with Gasteiger partial charge in [0, 0.05) is 18.6 Å². The number of benzene rings is 1. The summed E-state index contributed by atoms with van der Waals surface area (Å²) in [6, 6.07) is 7.89. The molecule has 94 valence electrons. The molecule has 1 aromatic carbocycles. The minimum Gasteiger partial charge on any atom is -0.550 e. The van der Waals surface area contributed by atoms with E-state index in [-0.39, 0.29) is 103 Å². The molecule has 0 aliphatic heterocycles. The SMILES string of the molecule is O=C([O-])C[C@H](N=C/C=C/c1ccccc1)C(=O)[O-].[K+].[K+]. The first kappa shape index (κ1) is 23.1. The van der Waals surface area contributed by atoms with Gasteiger partial charge in [0.2, 0.25) is 0 Å². The Balaban J connectivity index is 0. The molecular formula is C13H11K2NO4. The number of hydrogen-bond donors (Lipinski definition) is 0. The number of carbonyl (C=O) groups is 2. The van der Waals surface area contributed by atoms with Crippen LogP contribution in [0.15, 0.2) is 41.4 Å². The summed E-state index contributed by atoms with van der Waals surface area (Å²) in [5.41, 5.74) is 0.925. The molecule has 0 heterocycles. The maximum Gasteiger partial charge on any atom is 1.00 e. The molecular weight excluding hydrogens is 312 g/mol. The van der Waals surface area contributed by atoms with Crippen LogP contribution in [0.2, 0.25) is 0 Å². The van der Waals surface area contributed by atoms with E-state index in [1.54, 1.807) is 6.08 Å². The third kappa shape index (κ3) is 10.6. The maximum absolute atomic E-state index is 10.6. The molecule has 0 spiro atoms. The summed E-state index contributed by atoms with van der Waals surface area (Å²) in [4.78, 5) is 24.4. The third-order valence-electron chi connectivity index (χ3n) is 2.07. The van der Waals surface area contributed by atoms with E-state index in [4.69, 9.17) is 0 Å². The summed E-state index contributed by atoms with van der Waals surface area (Å²) in [5, 5.41) is 20.8. The molecule has 0 aromatic heterocycles. The van der Waals surface area contributed by atoms with Gasteiger partial charge in [-0.25, -0.2) is 0 Å². The van der Waals surface area contributed by atoms with Crippen LogP contribution in [0.25, 0.3) is 6.08 Å². The van der Waals surface area contributed by atoms with Gasteiger partial charge in [-0.05, 0) is 11.6 Å². The monoisotopic (exact) mass is 323 g/mol. The zero-order chi connectivity index (χ0) is 13.4. The molecule has 1 aromatic rings. The predicted octanol–water partition coefficient (Wildman–Crippen LogP) is -6.96. The summed E-state index contributed by atoms with van der Waals surface area (Å²) in [7, 11) is 0. The van der Waals surface area contributed by atoms with E-state index in [9.17, 15) is 19.8 Å². The number of hydrogen-bond acceptors (Lipinski definition) is 5. The molecule has 0 aliphatic rings. The Bertz CT molecular complexity index is 475. The number of carboxylic acid groups (broad SMARTS) is 2. The summed E-state index contributed by atoms with van der Waals surface area (Å²) < 4.78 is 0. The summed E-state index contributed by atoms with van der Waals surface area (Å²) in [6.07, 6.45) is 3.78. The fraction of sp³-hybridized carbons (Fsp3) is 0.154. The first-order valence-corrected chi connectivity index (χ1v) is 5.25. The Hall–Kier alpha value is 0.843. The number of aliphatic carboxylic acids is 2. The molecule has 0 N–H and O–H groups in total. The normalized spacial score (nSPS) is 11.6. The number of carbonyl (C=O) groups excluding carboxylic acids is 2. The van der Waals surface area contributed by atoms with Gasteiger partial charge in [0.05, 0.1) is 12.0 Å². The average Bonchev–Trinajstić information content (AvgIpc) is 2.33. The second kappa shape index (κ2) is 13.5. The largest absolute Gasteiger partial charge is 1.00 e. The number of allylic oxidation sites excluding steroid dienone is 1. The average molecular weight is 323 g/mol. The van der Waals surface area contributed by atoms with E-state index in [2.05, 4.69) is 4.99 Å². The number of carboxylic acids is 2. The molecule has 0 radical (unpaired) electrons. The van der Waals surface area contributed by atoms with Gasteiger partial charge in [-0.2, -0.15) is 0 Å². The van der Waals surface area contributed by atoms with Crippen LogP contribution in [0.1, 0.15) is 12.0 Å². The molecule has 20 heavy (non-hydrogen) atoms. The van der Waals surface area contributed by atoms with E-state index in [1.165, 1.54) is 12.3 Å². The molecule has 0 bridgehead atoms. The molecule has 0 unspecified atom stereocenters. The minimum atomic E-state index is -1.54. The number of rotatable bonds is 6. The number of nitrogens with zero attached hydrogens (tertiary/aromatic N) is 1. The first-order valence-electron chi connectivity index (χ1n) is 5.25. The smallest absolute Gasteiger partial charge is 0.550 e. The molecule has 0 aliphatic carbocycles. The fourth-order valence-corrected chi connectivity index (χ4v) is 1.23. The van der Waals surface area contributed by atoms with E-state index >= 15 is 0 Å². The Labute approximate surface area is 202 Å². The Morgan fingerprint density at radius 3 is 2.25 bits per heavy atom. The van der Waals surface area contributed by atoms with Crippen molar-refractivity contribution in [3.8, 4) is 0 Å². The quantitative estimate of drug-likeness (QED) is 0.384. The van der Waals surface area contributed by atoms with Gasteiger partial charge in [0.25, 0.3) is 0 Å². The van der Waals surface area contributed by atoms with Crippen LogP contribution in [-0.2, 0) is 9.59 Å². The Kier molecular flexibility index (Phi) is 15.6. The van der Waals surface area contributed by atoms with Gasteiger partial charge in [0.15, 0.2) is 0 Å². The standard InChI is InChI=1S/C13H13NO4.2K/c15-12(16)9-11(13(17)18)14-8-4-7-10-5-2-1-3-6-10;;/h1-8,11H,9H2,(H,15,16)(H,17,18);;/q;2*+1/p-2/b7-4+,14-8?;;/t11-;;/m0../s1. The fourth-order valence-electron chi connectivity index (χ4n) is 1.23. The van der Waals surface area contributed by atoms with Crippen molar-refractivity contribution >= 4 is 24.2 Å².